The summed E-state index contributed by atoms with van der Waals surface area (Å²) in [6.07, 6.45) is 0. The fourth-order valence-electron chi connectivity index (χ4n) is 2.48. The number of aryl methyl sites for hydroxylation is 1. The molecule has 0 atom stereocenters. The second-order valence-electron chi connectivity index (χ2n) is 5.03. The number of aromatic nitrogens is 4. The van der Waals surface area contributed by atoms with Crippen molar-refractivity contribution in [1.82, 2.24) is 19.9 Å². The van der Waals surface area contributed by atoms with Crippen molar-refractivity contribution in [3.63, 3.8) is 0 Å². The van der Waals surface area contributed by atoms with Crippen molar-refractivity contribution < 1.29 is 0 Å². The third-order valence-electron chi connectivity index (χ3n) is 3.51. The molecule has 3 aromatic heterocycles. The van der Waals surface area contributed by atoms with E-state index in [1.807, 2.05) is 31.2 Å². The highest BCUT2D eigenvalue weighted by Crippen LogP contribution is 2.31. The van der Waals surface area contributed by atoms with Crippen molar-refractivity contribution in [2.24, 2.45) is 0 Å². The molecule has 0 spiro atoms. The molecule has 3 heterocycles. The fourth-order valence-corrected chi connectivity index (χ4v) is 3.92. The Bertz CT molecular complexity index is 1170. The van der Waals surface area contributed by atoms with E-state index < -0.39 is 11.2 Å². The van der Waals surface area contributed by atoms with E-state index in [-0.39, 0.29) is 0 Å². The Hall–Kier alpha value is -2.07. The van der Waals surface area contributed by atoms with Crippen LogP contribution in [0.3, 0.4) is 0 Å². The van der Waals surface area contributed by atoms with E-state index in [2.05, 4.69) is 42.5 Å². The van der Waals surface area contributed by atoms with Gasteiger partial charge < -0.3 is 4.98 Å². The minimum atomic E-state index is -0.525. The summed E-state index contributed by atoms with van der Waals surface area (Å²) >= 11 is 3.50. The number of rotatable bonds is 1. The van der Waals surface area contributed by atoms with E-state index in [9.17, 15) is 9.59 Å². The highest BCUT2D eigenvalue weighted by molar-refractivity contribution is 14.1. The lowest BCUT2D eigenvalue weighted by atomic mass is 10.2. The Morgan fingerprint density at radius 2 is 1.83 bits per heavy atom. The van der Waals surface area contributed by atoms with Gasteiger partial charge in [0.15, 0.2) is 5.82 Å². The molecule has 0 bridgehead atoms. The van der Waals surface area contributed by atoms with E-state index in [1.165, 1.54) is 11.3 Å². The maximum atomic E-state index is 12.0. The largest absolute Gasteiger partial charge is 0.326 e. The second kappa shape index (κ2) is 5.24. The van der Waals surface area contributed by atoms with Crippen LogP contribution in [-0.2, 0) is 0 Å². The average molecular weight is 436 g/mol. The molecule has 0 aliphatic rings. The Kier molecular flexibility index (Phi) is 3.31. The number of benzene rings is 1. The first-order valence-corrected chi connectivity index (χ1v) is 8.62. The summed E-state index contributed by atoms with van der Waals surface area (Å²) < 4.78 is 1.59. The lowest BCUT2D eigenvalue weighted by Gasteiger charge is -2.03. The number of halogens is 1. The number of hydrogen-bond acceptors (Lipinski definition) is 5. The molecule has 114 valence electrons. The van der Waals surface area contributed by atoms with Gasteiger partial charge in [0.2, 0.25) is 0 Å². The van der Waals surface area contributed by atoms with E-state index in [4.69, 9.17) is 0 Å². The lowest BCUT2D eigenvalue weighted by molar-refractivity contribution is 1.09. The topological polar surface area (TPSA) is 91.5 Å². The quantitative estimate of drug-likeness (QED) is 0.449. The first-order valence-electron chi connectivity index (χ1n) is 6.72. The van der Waals surface area contributed by atoms with Crippen LogP contribution in [0.15, 0.2) is 33.9 Å². The van der Waals surface area contributed by atoms with Crippen molar-refractivity contribution in [3.05, 3.63) is 54.4 Å². The first kappa shape index (κ1) is 14.5. The third kappa shape index (κ3) is 2.38. The van der Waals surface area contributed by atoms with Crippen LogP contribution in [0.25, 0.3) is 31.8 Å². The molecular weight excluding hydrogens is 427 g/mol. The van der Waals surface area contributed by atoms with Gasteiger partial charge in [-0.1, -0.05) is 12.1 Å². The van der Waals surface area contributed by atoms with Crippen LogP contribution in [0, 0.1) is 10.5 Å². The van der Waals surface area contributed by atoms with Gasteiger partial charge in [0.25, 0.3) is 5.56 Å². The molecule has 1 aromatic carbocycles. The van der Waals surface area contributed by atoms with E-state index >= 15 is 0 Å². The predicted molar refractivity (Wildman–Crippen MR) is 99.1 cm³/mol. The van der Waals surface area contributed by atoms with Crippen LogP contribution >= 0.6 is 33.9 Å². The Labute approximate surface area is 146 Å². The van der Waals surface area contributed by atoms with Crippen molar-refractivity contribution in [2.75, 3.05) is 0 Å². The number of aromatic amines is 2. The van der Waals surface area contributed by atoms with Crippen LogP contribution in [-0.4, -0.2) is 19.9 Å². The van der Waals surface area contributed by atoms with Gasteiger partial charge in [-0.25, -0.2) is 14.8 Å². The molecule has 23 heavy (non-hydrogen) atoms. The summed E-state index contributed by atoms with van der Waals surface area (Å²) in [5.41, 5.74) is 1.22. The predicted octanol–water partition coefficient (Wildman–Crippen LogP) is 2.80. The van der Waals surface area contributed by atoms with Crippen LogP contribution in [0.2, 0.25) is 0 Å². The molecule has 0 unspecified atom stereocenters. The molecule has 6 nitrogen and oxygen atoms in total. The molecule has 0 aliphatic heterocycles. The van der Waals surface area contributed by atoms with Gasteiger partial charge >= 0.3 is 5.69 Å². The van der Waals surface area contributed by atoms with Crippen LogP contribution in [0.1, 0.15) is 5.69 Å². The minimum absolute atomic E-state index is 0.401. The highest BCUT2D eigenvalue weighted by Gasteiger charge is 2.15. The van der Waals surface area contributed by atoms with Crippen LogP contribution in [0.5, 0.6) is 0 Å². The number of nitrogens with zero attached hydrogens (tertiary/aromatic N) is 2. The molecule has 4 aromatic rings. The summed E-state index contributed by atoms with van der Waals surface area (Å²) in [5, 5.41) is 0.725. The van der Waals surface area contributed by atoms with E-state index in [1.54, 1.807) is 0 Å². The lowest BCUT2D eigenvalue weighted by Crippen LogP contribution is -2.20. The molecule has 8 heteroatoms. The molecule has 0 aliphatic carbocycles. The Balaban J connectivity index is 2.07. The van der Waals surface area contributed by atoms with Crippen molar-refractivity contribution in [2.45, 2.75) is 6.92 Å². The number of fused-ring (bicyclic) bond motifs is 3. The Morgan fingerprint density at radius 3 is 2.57 bits per heavy atom. The van der Waals surface area contributed by atoms with Crippen molar-refractivity contribution in [1.29, 1.82) is 0 Å². The Morgan fingerprint density at radius 1 is 1.09 bits per heavy atom. The summed E-state index contributed by atoms with van der Waals surface area (Å²) in [6.45, 7) is 1.85. The van der Waals surface area contributed by atoms with Crippen LogP contribution in [0.4, 0.5) is 0 Å². The number of H-pyrrole nitrogens is 2. The van der Waals surface area contributed by atoms with E-state index in [0.29, 0.717) is 20.9 Å². The van der Waals surface area contributed by atoms with Crippen LogP contribution < -0.4 is 11.2 Å². The standard InChI is InChI=1S/C15H9IN4O2S/c1-6-9-10-11(13(21)20-15(22)18-10)23-14(9)19-12(17-6)7-2-4-8(16)5-3-7/h2-5H,1H3,(H2,18,20,21,22). The molecular formula is C15H9IN4O2S. The summed E-state index contributed by atoms with van der Waals surface area (Å²) in [4.78, 5) is 38.2. The third-order valence-corrected chi connectivity index (χ3v) is 5.31. The van der Waals surface area contributed by atoms with Gasteiger partial charge in [-0.3, -0.25) is 9.78 Å². The zero-order valence-electron chi connectivity index (χ0n) is 11.8. The first-order chi connectivity index (χ1) is 11.0. The molecule has 0 saturated carbocycles. The molecule has 0 saturated heterocycles. The zero-order valence-corrected chi connectivity index (χ0v) is 14.8. The second-order valence-corrected chi connectivity index (χ2v) is 7.28. The summed E-state index contributed by atoms with van der Waals surface area (Å²) in [6, 6.07) is 7.91. The molecule has 0 fully saturated rings. The number of nitrogens with one attached hydrogen (secondary N) is 2. The van der Waals surface area contributed by atoms with Gasteiger partial charge in [-0.05, 0) is 41.6 Å². The molecule has 4 rings (SSSR count). The van der Waals surface area contributed by atoms with Gasteiger partial charge in [0.1, 0.15) is 9.53 Å². The normalized spacial score (nSPS) is 11.4. The number of thiophene rings is 1. The van der Waals surface area contributed by atoms with Crippen molar-refractivity contribution >= 4 is 54.4 Å². The minimum Gasteiger partial charge on any atom is -0.305 e. The SMILES string of the molecule is Cc1nc(-c2ccc(I)cc2)nc2sc3c(=O)[nH]c(=O)[nH]c3c12. The summed E-state index contributed by atoms with van der Waals surface area (Å²) in [5.74, 6) is 0.608. The maximum Gasteiger partial charge on any atom is 0.326 e. The maximum absolute atomic E-state index is 12.0. The van der Waals surface area contributed by atoms with Crippen molar-refractivity contribution in [3.8, 4) is 11.4 Å². The summed E-state index contributed by atoms with van der Waals surface area (Å²) in [7, 11) is 0. The fraction of sp³-hybridized carbons (Fsp3) is 0.0667. The van der Waals surface area contributed by atoms with Gasteiger partial charge in [-0.15, -0.1) is 11.3 Å². The molecule has 0 radical (unpaired) electrons. The smallest absolute Gasteiger partial charge is 0.305 e. The van der Waals surface area contributed by atoms with Gasteiger partial charge in [0, 0.05) is 9.13 Å². The zero-order chi connectivity index (χ0) is 16.1. The highest BCUT2D eigenvalue weighted by atomic mass is 127. The number of hydrogen-bond donors (Lipinski definition) is 2. The average Bonchev–Trinajstić information content (AvgIpc) is 2.87. The molecule has 2 N–H and O–H groups in total. The molecule has 0 amide bonds. The van der Waals surface area contributed by atoms with Gasteiger partial charge in [-0.2, -0.15) is 0 Å². The van der Waals surface area contributed by atoms with Gasteiger partial charge in [0.05, 0.1) is 16.6 Å². The monoisotopic (exact) mass is 436 g/mol. The van der Waals surface area contributed by atoms with E-state index in [0.717, 1.165) is 20.2 Å².